The van der Waals surface area contributed by atoms with E-state index in [1.807, 2.05) is 0 Å². The zero-order valence-electron chi connectivity index (χ0n) is 10.7. The lowest BCUT2D eigenvalue weighted by Gasteiger charge is -2.06. The van der Waals surface area contributed by atoms with Crippen molar-refractivity contribution in [3.8, 4) is 0 Å². The molecule has 0 aromatic heterocycles. The predicted molar refractivity (Wildman–Crippen MR) is 62.3 cm³/mol. The molecule has 0 radical (unpaired) electrons. The third kappa shape index (κ3) is 3.96. The largest absolute Gasteiger partial charge is 0.481 e. The zero-order valence-corrected chi connectivity index (χ0v) is 10.7. The van der Waals surface area contributed by atoms with Crippen molar-refractivity contribution in [3.05, 3.63) is 0 Å². The molecule has 0 amide bonds. The lowest BCUT2D eigenvalue weighted by Crippen LogP contribution is -2.20. The Labute approximate surface area is 106 Å². The molecule has 0 aromatic carbocycles. The molecule has 2 N–H and O–H groups in total. The minimum Gasteiger partial charge on any atom is -0.481 e. The third-order valence-electron chi connectivity index (χ3n) is 3.39. The van der Waals surface area contributed by atoms with E-state index in [9.17, 15) is 9.59 Å². The summed E-state index contributed by atoms with van der Waals surface area (Å²) in [5.74, 6) is -2.02. The maximum Gasteiger partial charge on any atom is 0.309 e. The fraction of sp³-hybridized carbons (Fsp3) is 0.833. The first-order valence-electron chi connectivity index (χ1n) is 6.12. The Bertz CT molecular complexity index is 273. The van der Waals surface area contributed by atoms with E-state index in [2.05, 4.69) is 0 Å². The summed E-state index contributed by atoms with van der Waals surface area (Å²) in [5.41, 5.74) is 0. The number of hydrogen-bond acceptors (Lipinski definition) is 4. The topological polar surface area (TPSA) is 93.1 Å². The van der Waals surface area contributed by atoms with Crippen LogP contribution >= 0.6 is 0 Å². The molecule has 4 atom stereocenters. The predicted octanol–water partition coefficient (Wildman–Crippen LogP) is 0.992. The Morgan fingerprint density at radius 2 is 1.22 bits per heavy atom. The summed E-state index contributed by atoms with van der Waals surface area (Å²) in [6, 6.07) is 0. The molecule has 2 aliphatic rings. The fourth-order valence-electron chi connectivity index (χ4n) is 2.11. The highest BCUT2D eigenvalue weighted by Gasteiger charge is 2.30. The van der Waals surface area contributed by atoms with Crippen molar-refractivity contribution in [1.29, 1.82) is 0 Å². The Kier molecular flexibility index (Phi) is 5.55. The van der Waals surface area contributed by atoms with Gasteiger partial charge in [0.1, 0.15) is 0 Å². The Morgan fingerprint density at radius 1 is 0.889 bits per heavy atom. The van der Waals surface area contributed by atoms with E-state index >= 15 is 0 Å². The van der Waals surface area contributed by atoms with Gasteiger partial charge in [-0.3, -0.25) is 9.59 Å². The van der Waals surface area contributed by atoms with Gasteiger partial charge in [0, 0.05) is 13.2 Å². The van der Waals surface area contributed by atoms with Crippen LogP contribution in [0.3, 0.4) is 0 Å². The van der Waals surface area contributed by atoms with Crippen LogP contribution in [0.4, 0.5) is 0 Å². The molecule has 0 aliphatic carbocycles. The van der Waals surface area contributed by atoms with Gasteiger partial charge in [-0.25, -0.2) is 0 Å². The average molecular weight is 260 g/mol. The van der Waals surface area contributed by atoms with Crippen LogP contribution in [-0.4, -0.2) is 47.6 Å². The normalized spacial score (nSPS) is 34.8. The molecular formula is C12H20O6. The quantitative estimate of drug-likeness (QED) is 0.769. The Morgan fingerprint density at radius 3 is 1.33 bits per heavy atom. The first kappa shape index (κ1) is 14.9. The number of ether oxygens (including phenoxy) is 2. The van der Waals surface area contributed by atoms with Crippen LogP contribution in [0.15, 0.2) is 0 Å². The minimum absolute atomic E-state index is 0.0949. The number of carboxylic acid groups (broad SMARTS) is 2. The molecular weight excluding hydrogens is 240 g/mol. The Hall–Kier alpha value is -1.14. The van der Waals surface area contributed by atoms with E-state index in [4.69, 9.17) is 19.7 Å². The van der Waals surface area contributed by atoms with E-state index in [1.54, 1.807) is 13.8 Å². The molecule has 2 rings (SSSR count). The second-order valence-corrected chi connectivity index (χ2v) is 4.62. The standard InChI is InChI=1S/2C6H10O3/c2*1-4-5(6(7)8)2-3-9-4/h2*4-5H,2-3H2,1H3,(H,7,8)/t2*4-,5+/m10/s1. The molecule has 2 fully saturated rings. The van der Waals surface area contributed by atoms with Crippen LogP contribution in [0.1, 0.15) is 26.7 Å². The molecule has 2 aliphatic heterocycles. The van der Waals surface area contributed by atoms with Crippen molar-refractivity contribution in [1.82, 2.24) is 0 Å². The highest BCUT2D eigenvalue weighted by molar-refractivity contribution is 5.71. The summed E-state index contributed by atoms with van der Waals surface area (Å²) in [6.45, 7) is 4.79. The van der Waals surface area contributed by atoms with Crippen LogP contribution in [0.2, 0.25) is 0 Å². The summed E-state index contributed by atoms with van der Waals surface area (Å²) < 4.78 is 10.1. The van der Waals surface area contributed by atoms with Crippen molar-refractivity contribution in [2.24, 2.45) is 11.8 Å². The molecule has 2 heterocycles. The van der Waals surface area contributed by atoms with Crippen molar-refractivity contribution < 1.29 is 29.3 Å². The molecule has 0 bridgehead atoms. The van der Waals surface area contributed by atoms with Gasteiger partial charge in [-0.15, -0.1) is 0 Å². The van der Waals surface area contributed by atoms with E-state index < -0.39 is 11.9 Å². The number of carboxylic acids is 2. The van der Waals surface area contributed by atoms with Gasteiger partial charge >= 0.3 is 11.9 Å². The van der Waals surface area contributed by atoms with Crippen LogP contribution in [0.25, 0.3) is 0 Å². The maximum atomic E-state index is 10.3. The third-order valence-corrected chi connectivity index (χ3v) is 3.39. The summed E-state index contributed by atoms with van der Waals surface area (Å²) in [5, 5.41) is 17.0. The summed E-state index contributed by atoms with van der Waals surface area (Å²) >= 11 is 0. The van der Waals surface area contributed by atoms with E-state index in [1.165, 1.54) is 0 Å². The van der Waals surface area contributed by atoms with Crippen molar-refractivity contribution in [2.45, 2.75) is 38.9 Å². The highest BCUT2D eigenvalue weighted by atomic mass is 16.5. The molecule has 0 spiro atoms. The first-order chi connectivity index (χ1) is 8.43. The van der Waals surface area contributed by atoms with E-state index in [-0.39, 0.29) is 24.0 Å². The molecule has 0 unspecified atom stereocenters. The van der Waals surface area contributed by atoms with Crippen molar-refractivity contribution in [2.75, 3.05) is 13.2 Å². The number of carbonyl (C=O) groups is 2. The maximum absolute atomic E-state index is 10.3. The van der Waals surface area contributed by atoms with Crippen LogP contribution in [0.5, 0.6) is 0 Å². The van der Waals surface area contributed by atoms with Crippen LogP contribution in [0, 0.1) is 11.8 Å². The molecule has 0 aromatic rings. The lowest BCUT2D eigenvalue weighted by atomic mass is 10.0. The van der Waals surface area contributed by atoms with Crippen LogP contribution in [-0.2, 0) is 19.1 Å². The molecule has 2 saturated heterocycles. The second kappa shape index (κ2) is 6.70. The number of rotatable bonds is 2. The Balaban J connectivity index is 0.000000180. The summed E-state index contributed by atoms with van der Waals surface area (Å²) in [4.78, 5) is 20.7. The van der Waals surface area contributed by atoms with Crippen LogP contribution < -0.4 is 0 Å². The lowest BCUT2D eigenvalue weighted by molar-refractivity contribution is -0.144. The molecule has 0 saturated carbocycles. The van der Waals surface area contributed by atoms with Gasteiger partial charge in [0.15, 0.2) is 0 Å². The van der Waals surface area contributed by atoms with Gasteiger partial charge in [0.2, 0.25) is 0 Å². The molecule has 6 nitrogen and oxygen atoms in total. The van der Waals surface area contributed by atoms with Gasteiger partial charge in [-0.05, 0) is 26.7 Å². The minimum atomic E-state index is -0.736. The number of aliphatic carboxylic acids is 2. The van der Waals surface area contributed by atoms with Gasteiger partial charge in [0.05, 0.1) is 24.0 Å². The average Bonchev–Trinajstić information content (AvgIpc) is 2.87. The van der Waals surface area contributed by atoms with Crippen molar-refractivity contribution >= 4 is 11.9 Å². The van der Waals surface area contributed by atoms with Gasteiger partial charge < -0.3 is 19.7 Å². The molecule has 104 valence electrons. The zero-order chi connectivity index (χ0) is 13.7. The van der Waals surface area contributed by atoms with E-state index in [0.717, 1.165) is 0 Å². The van der Waals surface area contributed by atoms with Gasteiger partial charge in [-0.2, -0.15) is 0 Å². The SMILES string of the molecule is C[C@@H]1OCC[C@H]1C(=O)O.C[C@H]1OCC[C@@H]1C(=O)O. The first-order valence-corrected chi connectivity index (χ1v) is 6.12. The van der Waals surface area contributed by atoms with Gasteiger partial charge in [0.25, 0.3) is 0 Å². The summed E-state index contributed by atoms with van der Waals surface area (Å²) in [6.07, 6.45) is 1.14. The number of hydrogen-bond donors (Lipinski definition) is 2. The smallest absolute Gasteiger partial charge is 0.309 e. The molecule has 18 heavy (non-hydrogen) atoms. The highest BCUT2D eigenvalue weighted by Crippen LogP contribution is 2.20. The van der Waals surface area contributed by atoms with Gasteiger partial charge in [-0.1, -0.05) is 0 Å². The van der Waals surface area contributed by atoms with Crippen molar-refractivity contribution in [3.63, 3.8) is 0 Å². The monoisotopic (exact) mass is 260 g/mol. The molecule has 6 heteroatoms. The fourth-order valence-corrected chi connectivity index (χ4v) is 2.11. The second-order valence-electron chi connectivity index (χ2n) is 4.62. The van der Waals surface area contributed by atoms with E-state index in [0.29, 0.717) is 26.1 Å². The summed E-state index contributed by atoms with van der Waals surface area (Å²) in [7, 11) is 0.